The fourth-order valence-corrected chi connectivity index (χ4v) is 3.19. The number of hydrogen-bond donors (Lipinski definition) is 2. The molecule has 1 aliphatic rings. The predicted octanol–water partition coefficient (Wildman–Crippen LogP) is 3.48. The molecule has 1 saturated heterocycles. The van der Waals surface area contributed by atoms with Gasteiger partial charge in [0, 0.05) is 38.2 Å². The van der Waals surface area contributed by atoms with Gasteiger partial charge in [0.25, 0.3) is 0 Å². The van der Waals surface area contributed by atoms with Crippen LogP contribution in [-0.4, -0.2) is 55.7 Å². The molecule has 0 aromatic heterocycles. The summed E-state index contributed by atoms with van der Waals surface area (Å²) in [6, 6.07) is 6.58. The lowest BCUT2D eigenvalue weighted by Gasteiger charge is -2.20. The Balaban J connectivity index is 1.86. The number of carbonyl (C=O) groups is 1. The summed E-state index contributed by atoms with van der Waals surface area (Å²) in [6.45, 7) is 3.62. The first-order valence-corrected chi connectivity index (χ1v) is 10.5. The zero-order valence-electron chi connectivity index (χ0n) is 17.4. The highest BCUT2D eigenvalue weighted by molar-refractivity contribution is 5.79. The minimum atomic E-state index is -4.39. The van der Waals surface area contributed by atoms with Crippen LogP contribution in [0.1, 0.15) is 44.6 Å². The van der Waals surface area contributed by atoms with Gasteiger partial charge in [-0.3, -0.25) is 4.79 Å². The van der Waals surface area contributed by atoms with E-state index in [4.69, 9.17) is 4.74 Å². The second-order valence-electron chi connectivity index (χ2n) is 7.18. The molecule has 0 radical (unpaired) electrons. The Morgan fingerprint density at radius 3 is 2.77 bits per heavy atom. The largest absolute Gasteiger partial charge is 0.484 e. The standard InChI is InChI=1S/C21H31F3N4O2/c1-2-25-20(26-12-8-14-28-13-7-3-4-11-19(28)29)27-15-17-9-5-6-10-18(17)30-16-21(22,23)24/h5-6,9-10H,2-4,7-8,11-16H2,1H3,(H2,25,26,27). The van der Waals surface area contributed by atoms with Gasteiger partial charge in [-0.05, 0) is 32.3 Å². The summed E-state index contributed by atoms with van der Waals surface area (Å²) >= 11 is 0. The van der Waals surface area contributed by atoms with Crippen molar-refractivity contribution in [2.75, 3.05) is 32.8 Å². The van der Waals surface area contributed by atoms with Gasteiger partial charge in [-0.25, -0.2) is 4.99 Å². The van der Waals surface area contributed by atoms with Crippen molar-refractivity contribution in [1.29, 1.82) is 0 Å². The molecule has 1 aliphatic heterocycles. The summed E-state index contributed by atoms with van der Waals surface area (Å²) in [4.78, 5) is 18.4. The van der Waals surface area contributed by atoms with Gasteiger partial charge in [0.1, 0.15) is 5.75 Å². The molecule has 2 rings (SSSR count). The number of carbonyl (C=O) groups excluding carboxylic acids is 1. The van der Waals surface area contributed by atoms with E-state index < -0.39 is 12.8 Å². The van der Waals surface area contributed by atoms with E-state index in [9.17, 15) is 18.0 Å². The molecule has 1 fully saturated rings. The maximum absolute atomic E-state index is 12.4. The molecule has 0 bridgehead atoms. The third-order valence-electron chi connectivity index (χ3n) is 4.68. The number of benzene rings is 1. The molecule has 0 aliphatic carbocycles. The second kappa shape index (κ2) is 12.3. The molecule has 30 heavy (non-hydrogen) atoms. The Hall–Kier alpha value is -2.45. The molecule has 0 spiro atoms. The summed E-state index contributed by atoms with van der Waals surface area (Å²) < 4.78 is 42.2. The monoisotopic (exact) mass is 428 g/mol. The van der Waals surface area contributed by atoms with Crippen molar-refractivity contribution < 1.29 is 22.7 Å². The fraction of sp³-hybridized carbons (Fsp3) is 0.619. The molecule has 1 amide bonds. The first kappa shape index (κ1) is 23.8. The van der Waals surface area contributed by atoms with Crippen molar-refractivity contribution in [3.8, 4) is 5.75 Å². The van der Waals surface area contributed by atoms with Gasteiger partial charge < -0.3 is 20.3 Å². The van der Waals surface area contributed by atoms with E-state index in [-0.39, 0.29) is 18.2 Å². The van der Waals surface area contributed by atoms with Crippen molar-refractivity contribution in [2.45, 2.75) is 51.7 Å². The quantitative estimate of drug-likeness (QED) is 0.359. The van der Waals surface area contributed by atoms with Crippen LogP contribution in [0.2, 0.25) is 0 Å². The number of likely N-dealkylation sites (tertiary alicyclic amines) is 1. The van der Waals surface area contributed by atoms with Crippen LogP contribution in [0.15, 0.2) is 29.3 Å². The Kier molecular flexibility index (Phi) is 9.76. The molecule has 0 atom stereocenters. The van der Waals surface area contributed by atoms with E-state index >= 15 is 0 Å². The summed E-state index contributed by atoms with van der Waals surface area (Å²) in [7, 11) is 0. The van der Waals surface area contributed by atoms with Gasteiger partial charge in [-0.15, -0.1) is 0 Å². The van der Waals surface area contributed by atoms with E-state index in [0.29, 0.717) is 37.6 Å². The van der Waals surface area contributed by atoms with Gasteiger partial charge in [0.15, 0.2) is 12.6 Å². The highest BCUT2D eigenvalue weighted by Gasteiger charge is 2.28. The zero-order chi connectivity index (χ0) is 21.8. The topological polar surface area (TPSA) is 66.0 Å². The van der Waals surface area contributed by atoms with Gasteiger partial charge in [0.2, 0.25) is 5.91 Å². The molecule has 1 aromatic rings. The highest BCUT2D eigenvalue weighted by atomic mass is 19.4. The van der Waals surface area contributed by atoms with Crippen LogP contribution >= 0.6 is 0 Å². The summed E-state index contributed by atoms with van der Waals surface area (Å²) in [5, 5.41) is 6.34. The normalized spacial score (nSPS) is 15.7. The molecule has 168 valence electrons. The lowest BCUT2D eigenvalue weighted by molar-refractivity contribution is -0.153. The molecule has 0 unspecified atom stereocenters. The minimum absolute atomic E-state index is 0.175. The number of aliphatic imine (C=N–C) groups is 1. The maximum atomic E-state index is 12.4. The zero-order valence-corrected chi connectivity index (χ0v) is 17.4. The molecule has 1 aromatic carbocycles. The van der Waals surface area contributed by atoms with Crippen LogP contribution in [0.25, 0.3) is 0 Å². The number of hydrogen-bond acceptors (Lipinski definition) is 3. The van der Waals surface area contributed by atoms with E-state index in [0.717, 1.165) is 32.2 Å². The van der Waals surface area contributed by atoms with Gasteiger partial charge >= 0.3 is 6.18 Å². The molecule has 9 heteroatoms. The lowest BCUT2D eigenvalue weighted by atomic mass is 10.2. The Morgan fingerprint density at radius 2 is 2.00 bits per heavy atom. The number of nitrogens with zero attached hydrogens (tertiary/aromatic N) is 2. The Bertz CT molecular complexity index is 695. The lowest BCUT2D eigenvalue weighted by Crippen LogP contribution is -2.39. The van der Waals surface area contributed by atoms with Crippen LogP contribution in [0.4, 0.5) is 13.2 Å². The Labute approximate surface area is 175 Å². The predicted molar refractivity (Wildman–Crippen MR) is 110 cm³/mol. The van der Waals surface area contributed by atoms with E-state index in [1.807, 2.05) is 11.8 Å². The Morgan fingerprint density at radius 1 is 1.20 bits per heavy atom. The average Bonchev–Trinajstić information content (AvgIpc) is 2.91. The van der Waals surface area contributed by atoms with Crippen molar-refractivity contribution in [1.82, 2.24) is 15.5 Å². The SMILES string of the molecule is CCNC(=NCc1ccccc1OCC(F)(F)F)NCCCN1CCCCCC1=O. The molecular weight excluding hydrogens is 397 g/mol. The number of ether oxygens (including phenoxy) is 1. The number of rotatable bonds is 9. The first-order chi connectivity index (χ1) is 14.4. The minimum Gasteiger partial charge on any atom is -0.484 e. The number of nitrogens with one attached hydrogen (secondary N) is 2. The molecular formula is C21H31F3N4O2. The molecule has 2 N–H and O–H groups in total. The molecule has 0 saturated carbocycles. The number of amides is 1. The number of para-hydroxylation sites is 1. The van der Waals surface area contributed by atoms with Crippen LogP contribution in [-0.2, 0) is 11.3 Å². The van der Waals surface area contributed by atoms with E-state index in [1.54, 1.807) is 18.2 Å². The van der Waals surface area contributed by atoms with Crippen molar-refractivity contribution >= 4 is 11.9 Å². The van der Waals surface area contributed by atoms with E-state index in [1.165, 1.54) is 6.07 Å². The van der Waals surface area contributed by atoms with Crippen LogP contribution < -0.4 is 15.4 Å². The highest BCUT2D eigenvalue weighted by Crippen LogP contribution is 2.22. The van der Waals surface area contributed by atoms with Crippen molar-refractivity contribution in [3.63, 3.8) is 0 Å². The fourth-order valence-electron chi connectivity index (χ4n) is 3.19. The second-order valence-corrected chi connectivity index (χ2v) is 7.18. The van der Waals surface area contributed by atoms with Crippen LogP contribution in [0, 0.1) is 0 Å². The van der Waals surface area contributed by atoms with Crippen LogP contribution in [0.5, 0.6) is 5.75 Å². The summed E-state index contributed by atoms with van der Waals surface area (Å²) in [5.41, 5.74) is 0.578. The summed E-state index contributed by atoms with van der Waals surface area (Å²) in [5.74, 6) is 0.975. The number of guanidine groups is 1. The van der Waals surface area contributed by atoms with Gasteiger partial charge in [0.05, 0.1) is 6.54 Å². The smallest absolute Gasteiger partial charge is 0.422 e. The van der Waals surface area contributed by atoms with E-state index in [2.05, 4.69) is 15.6 Å². The molecule has 6 nitrogen and oxygen atoms in total. The number of halogens is 3. The average molecular weight is 428 g/mol. The third-order valence-corrected chi connectivity index (χ3v) is 4.68. The number of alkyl halides is 3. The van der Waals surface area contributed by atoms with Crippen molar-refractivity contribution in [2.24, 2.45) is 4.99 Å². The van der Waals surface area contributed by atoms with Crippen LogP contribution in [0.3, 0.4) is 0 Å². The van der Waals surface area contributed by atoms with Crippen molar-refractivity contribution in [3.05, 3.63) is 29.8 Å². The maximum Gasteiger partial charge on any atom is 0.422 e. The third kappa shape index (κ3) is 8.92. The summed E-state index contributed by atoms with van der Waals surface area (Å²) in [6.07, 6.45) is 0.167. The molecule has 1 heterocycles. The first-order valence-electron chi connectivity index (χ1n) is 10.5. The van der Waals surface area contributed by atoms with Gasteiger partial charge in [-0.1, -0.05) is 24.6 Å². The van der Waals surface area contributed by atoms with Gasteiger partial charge in [-0.2, -0.15) is 13.2 Å².